The first-order chi connectivity index (χ1) is 8.97. The Morgan fingerprint density at radius 3 is 2.95 bits per heavy atom. The summed E-state index contributed by atoms with van der Waals surface area (Å²) in [5.41, 5.74) is -0.00757. The fourth-order valence-corrected chi connectivity index (χ4v) is 2.47. The molecule has 1 saturated heterocycles. The highest BCUT2D eigenvalue weighted by atomic mass is 35.5. The van der Waals surface area contributed by atoms with Gasteiger partial charge in [0, 0.05) is 24.7 Å². The van der Waals surface area contributed by atoms with Crippen LogP contribution in [0.5, 0.6) is 0 Å². The third-order valence-electron chi connectivity index (χ3n) is 3.22. The van der Waals surface area contributed by atoms with E-state index in [1.165, 1.54) is 0 Å². The first-order valence-electron chi connectivity index (χ1n) is 6.06. The van der Waals surface area contributed by atoms with Crippen LogP contribution in [0.4, 0.5) is 15.8 Å². The number of nitro benzene ring substituents is 1. The maximum Gasteiger partial charge on any atom is 0.294 e. The summed E-state index contributed by atoms with van der Waals surface area (Å²) in [4.78, 5) is 12.5. The summed E-state index contributed by atoms with van der Waals surface area (Å²) in [5, 5.41) is 13.8. The number of likely N-dealkylation sites (N-methyl/N-ethyl adjacent to an activating group) is 1. The zero-order valence-corrected chi connectivity index (χ0v) is 11.3. The van der Waals surface area contributed by atoms with Gasteiger partial charge in [-0.25, -0.2) is 4.39 Å². The Labute approximate surface area is 115 Å². The molecule has 0 bridgehead atoms. The zero-order chi connectivity index (χ0) is 14.0. The lowest BCUT2D eigenvalue weighted by Gasteiger charge is -2.30. The Hall–Kier alpha value is -1.40. The molecule has 1 heterocycles. The van der Waals surface area contributed by atoms with Gasteiger partial charge in [0.15, 0.2) is 0 Å². The Bertz CT molecular complexity index is 498. The van der Waals surface area contributed by atoms with Crippen molar-refractivity contribution >= 4 is 23.0 Å². The molecule has 19 heavy (non-hydrogen) atoms. The molecule has 0 amide bonds. The van der Waals surface area contributed by atoms with Crippen LogP contribution in [-0.4, -0.2) is 36.0 Å². The van der Waals surface area contributed by atoms with Crippen molar-refractivity contribution in [1.82, 2.24) is 4.90 Å². The fraction of sp³-hybridized carbons (Fsp3) is 0.500. The molecule has 1 atom stereocenters. The van der Waals surface area contributed by atoms with Crippen LogP contribution in [0, 0.1) is 15.9 Å². The number of piperidine rings is 1. The van der Waals surface area contributed by atoms with E-state index in [0.717, 1.165) is 38.1 Å². The molecule has 0 radical (unpaired) electrons. The van der Waals surface area contributed by atoms with Crippen LogP contribution in [0.1, 0.15) is 12.8 Å². The largest absolute Gasteiger partial charge is 0.375 e. The Morgan fingerprint density at radius 2 is 2.32 bits per heavy atom. The van der Waals surface area contributed by atoms with Gasteiger partial charge in [0.05, 0.1) is 9.95 Å². The van der Waals surface area contributed by atoms with Crippen LogP contribution in [0.3, 0.4) is 0 Å². The third-order valence-corrected chi connectivity index (χ3v) is 3.51. The molecule has 1 aromatic carbocycles. The lowest BCUT2D eigenvalue weighted by Crippen LogP contribution is -2.39. The Kier molecular flexibility index (Phi) is 4.21. The van der Waals surface area contributed by atoms with Gasteiger partial charge >= 0.3 is 0 Å². The highest BCUT2D eigenvalue weighted by Gasteiger charge is 2.22. The van der Waals surface area contributed by atoms with Crippen LogP contribution in [0.25, 0.3) is 0 Å². The van der Waals surface area contributed by atoms with Gasteiger partial charge in [0.2, 0.25) is 0 Å². The molecule has 0 saturated carbocycles. The van der Waals surface area contributed by atoms with Gasteiger partial charge in [0.1, 0.15) is 11.5 Å². The fourth-order valence-electron chi connectivity index (χ4n) is 2.31. The lowest BCUT2D eigenvalue weighted by atomic mass is 10.1. The van der Waals surface area contributed by atoms with Gasteiger partial charge in [-0.05, 0) is 26.4 Å². The monoisotopic (exact) mass is 287 g/mol. The molecule has 0 aromatic heterocycles. The van der Waals surface area contributed by atoms with Crippen molar-refractivity contribution in [2.75, 3.05) is 25.5 Å². The predicted molar refractivity (Wildman–Crippen MR) is 72.2 cm³/mol. The van der Waals surface area contributed by atoms with Crippen LogP contribution in [-0.2, 0) is 0 Å². The average molecular weight is 288 g/mol. The number of benzene rings is 1. The lowest BCUT2D eigenvalue weighted by molar-refractivity contribution is -0.384. The first kappa shape index (κ1) is 14.0. The molecular weight excluding hydrogens is 273 g/mol. The van der Waals surface area contributed by atoms with E-state index in [-0.39, 0.29) is 22.4 Å². The summed E-state index contributed by atoms with van der Waals surface area (Å²) in [6, 6.07) is 2.22. The molecule has 1 aromatic rings. The summed E-state index contributed by atoms with van der Waals surface area (Å²) in [5.74, 6) is -0.654. The standard InChI is InChI=1S/C12H15ClFN3O2/c1-16-4-2-3-8(7-16)15-11-6-10(14)9(13)5-12(11)17(18)19/h5-6,8,15H,2-4,7H2,1H3. The topological polar surface area (TPSA) is 58.4 Å². The van der Waals surface area contributed by atoms with E-state index in [2.05, 4.69) is 10.2 Å². The number of nitrogens with one attached hydrogen (secondary N) is 1. The number of nitrogens with zero attached hydrogens (tertiary/aromatic N) is 2. The normalized spacial score (nSPS) is 20.3. The molecule has 1 fully saturated rings. The second-order valence-corrected chi connectivity index (χ2v) is 5.19. The van der Waals surface area contributed by atoms with Crippen molar-refractivity contribution in [1.29, 1.82) is 0 Å². The molecule has 104 valence electrons. The SMILES string of the molecule is CN1CCCC(Nc2cc(F)c(Cl)cc2[N+](=O)[O-])C1. The van der Waals surface area contributed by atoms with E-state index >= 15 is 0 Å². The van der Waals surface area contributed by atoms with Gasteiger partial charge < -0.3 is 10.2 Å². The molecule has 1 unspecified atom stereocenters. The smallest absolute Gasteiger partial charge is 0.294 e. The highest BCUT2D eigenvalue weighted by molar-refractivity contribution is 6.31. The molecule has 5 nitrogen and oxygen atoms in total. The van der Waals surface area contributed by atoms with E-state index in [1.54, 1.807) is 0 Å². The minimum atomic E-state index is -0.654. The second-order valence-electron chi connectivity index (χ2n) is 4.79. The molecule has 7 heteroatoms. The number of rotatable bonds is 3. The molecule has 2 rings (SSSR count). The Morgan fingerprint density at radius 1 is 1.58 bits per heavy atom. The maximum absolute atomic E-state index is 13.4. The summed E-state index contributed by atoms with van der Waals surface area (Å²) >= 11 is 5.58. The Balaban J connectivity index is 2.23. The minimum absolute atomic E-state index is 0.0815. The third kappa shape index (κ3) is 3.33. The number of halogens is 2. The van der Waals surface area contributed by atoms with Crippen molar-refractivity contribution < 1.29 is 9.31 Å². The van der Waals surface area contributed by atoms with E-state index in [1.807, 2.05) is 7.05 Å². The van der Waals surface area contributed by atoms with Crippen molar-refractivity contribution in [3.05, 3.63) is 33.1 Å². The van der Waals surface area contributed by atoms with Crippen LogP contribution < -0.4 is 5.32 Å². The summed E-state index contributed by atoms with van der Waals surface area (Å²) in [6.45, 7) is 1.79. The number of likely N-dealkylation sites (tertiary alicyclic amines) is 1. The van der Waals surface area contributed by atoms with Gasteiger partial charge in [-0.1, -0.05) is 11.6 Å². The summed E-state index contributed by atoms with van der Waals surface area (Å²) < 4.78 is 13.4. The molecule has 1 N–H and O–H groups in total. The second kappa shape index (κ2) is 5.71. The van der Waals surface area contributed by atoms with Crippen molar-refractivity contribution in [3.8, 4) is 0 Å². The molecule has 0 aliphatic carbocycles. The first-order valence-corrected chi connectivity index (χ1v) is 6.43. The van der Waals surface area contributed by atoms with Gasteiger partial charge in [-0.15, -0.1) is 0 Å². The minimum Gasteiger partial charge on any atom is -0.375 e. The van der Waals surface area contributed by atoms with Crippen molar-refractivity contribution in [3.63, 3.8) is 0 Å². The van der Waals surface area contributed by atoms with Crippen LogP contribution >= 0.6 is 11.6 Å². The molecular formula is C12H15ClFN3O2. The maximum atomic E-state index is 13.4. The number of nitro groups is 1. The van der Waals surface area contributed by atoms with Crippen molar-refractivity contribution in [2.24, 2.45) is 0 Å². The van der Waals surface area contributed by atoms with Crippen LogP contribution in [0.15, 0.2) is 12.1 Å². The number of anilines is 1. The zero-order valence-electron chi connectivity index (χ0n) is 10.5. The van der Waals surface area contributed by atoms with Crippen LogP contribution in [0.2, 0.25) is 5.02 Å². The van der Waals surface area contributed by atoms with E-state index < -0.39 is 10.7 Å². The summed E-state index contributed by atoms with van der Waals surface area (Å²) in [6.07, 6.45) is 1.92. The highest BCUT2D eigenvalue weighted by Crippen LogP contribution is 2.31. The van der Waals surface area contributed by atoms with Gasteiger partial charge in [0.25, 0.3) is 5.69 Å². The molecule has 1 aliphatic heterocycles. The summed E-state index contributed by atoms with van der Waals surface area (Å²) in [7, 11) is 1.99. The molecule has 0 spiro atoms. The number of hydrogen-bond donors (Lipinski definition) is 1. The predicted octanol–water partition coefficient (Wildman–Crippen LogP) is 2.89. The van der Waals surface area contributed by atoms with E-state index in [0.29, 0.717) is 0 Å². The van der Waals surface area contributed by atoms with Crippen molar-refractivity contribution in [2.45, 2.75) is 18.9 Å². The average Bonchev–Trinajstić information content (AvgIpc) is 2.33. The van der Waals surface area contributed by atoms with E-state index in [4.69, 9.17) is 11.6 Å². The van der Waals surface area contributed by atoms with Gasteiger partial charge in [-0.3, -0.25) is 10.1 Å². The van der Waals surface area contributed by atoms with E-state index in [9.17, 15) is 14.5 Å². The quantitative estimate of drug-likeness (QED) is 0.686. The molecule has 1 aliphatic rings. The van der Waals surface area contributed by atoms with Gasteiger partial charge in [-0.2, -0.15) is 0 Å². The number of hydrogen-bond acceptors (Lipinski definition) is 4.